The molecule has 0 saturated carbocycles. The Hall–Kier alpha value is -8.78. The van der Waals surface area contributed by atoms with Gasteiger partial charge in [0.25, 0.3) is 0 Å². The average Bonchev–Trinajstić information content (AvgIpc) is 3.87. The fourth-order valence-electron chi connectivity index (χ4n) is 12.1. The van der Waals surface area contributed by atoms with E-state index in [0.29, 0.717) is 0 Å². The van der Waals surface area contributed by atoms with Gasteiger partial charge in [-0.15, -0.1) is 0 Å². The minimum absolute atomic E-state index is 0.256. The van der Waals surface area contributed by atoms with Gasteiger partial charge in [0, 0.05) is 22.4 Å². The van der Waals surface area contributed by atoms with Crippen molar-refractivity contribution in [2.24, 2.45) is 0 Å². The van der Waals surface area contributed by atoms with E-state index in [2.05, 4.69) is 292 Å². The summed E-state index contributed by atoms with van der Waals surface area (Å²) in [6.07, 6.45) is 0. The SMILES string of the molecule is CC1(C)c2cc(-c3ccccc3)ccc2-c2ccc(N(c3ccc4c(c3)-c3ccccc3C4(c3ccccc3)c3ccccc3)c3cccc(-c4ccccc4)c3-c3ccccc3-c3ccccc3)cc21. The van der Waals surface area contributed by atoms with Crippen molar-refractivity contribution in [1.29, 1.82) is 0 Å². The van der Waals surface area contributed by atoms with E-state index in [-0.39, 0.29) is 5.41 Å². The second kappa shape index (κ2) is 17.0. The van der Waals surface area contributed by atoms with Crippen molar-refractivity contribution in [3.8, 4) is 66.8 Å². The second-order valence-corrected chi connectivity index (χ2v) is 19.6. The lowest BCUT2D eigenvalue weighted by molar-refractivity contribution is 0.660. The van der Waals surface area contributed by atoms with Crippen molar-refractivity contribution in [3.63, 3.8) is 0 Å². The van der Waals surface area contributed by atoms with Gasteiger partial charge < -0.3 is 4.90 Å². The molecule has 0 spiro atoms. The van der Waals surface area contributed by atoms with Crippen LogP contribution in [0.15, 0.2) is 273 Å². The summed E-state index contributed by atoms with van der Waals surface area (Å²) in [6.45, 7) is 4.80. The van der Waals surface area contributed by atoms with Crippen LogP contribution in [0.3, 0.4) is 0 Å². The predicted octanol–water partition coefficient (Wildman–Crippen LogP) is 18.5. The first-order valence-corrected chi connectivity index (χ1v) is 24.8. The number of hydrogen-bond donors (Lipinski definition) is 0. The molecule has 0 amide bonds. The highest BCUT2D eigenvalue weighted by Crippen LogP contribution is 2.59. The molecule has 0 bridgehead atoms. The van der Waals surface area contributed by atoms with Crippen molar-refractivity contribution >= 4 is 17.1 Å². The average molecular weight is 906 g/mol. The van der Waals surface area contributed by atoms with Gasteiger partial charge in [-0.25, -0.2) is 0 Å². The molecule has 11 aromatic carbocycles. The number of fused-ring (bicyclic) bond motifs is 6. The summed E-state index contributed by atoms with van der Waals surface area (Å²) in [5.41, 5.74) is 25.0. The van der Waals surface area contributed by atoms with Crippen molar-refractivity contribution in [2.75, 3.05) is 4.90 Å². The molecule has 0 aliphatic heterocycles. The Morgan fingerprint density at radius 3 is 1.37 bits per heavy atom. The largest absolute Gasteiger partial charge is 0.310 e. The molecule has 0 atom stereocenters. The molecular weight excluding hydrogens is 855 g/mol. The van der Waals surface area contributed by atoms with Gasteiger partial charge in [0.1, 0.15) is 0 Å². The Morgan fingerprint density at radius 2 is 0.718 bits per heavy atom. The van der Waals surface area contributed by atoms with Gasteiger partial charge in [0.2, 0.25) is 0 Å². The molecule has 0 aromatic heterocycles. The van der Waals surface area contributed by atoms with Crippen LogP contribution in [0.5, 0.6) is 0 Å². The van der Waals surface area contributed by atoms with Gasteiger partial charge in [0.05, 0.1) is 11.1 Å². The molecule has 1 nitrogen and oxygen atoms in total. The Bertz CT molecular complexity index is 3720. The van der Waals surface area contributed by atoms with Gasteiger partial charge in [-0.1, -0.05) is 250 Å². The summed E-state index contributed by atoms with van der Waals surface area (Å²) in [7, 11) is 0. The van der Waals surface area contributed by atoms with E-state index in [1.807, 2.05) is 0 Å². The molecule has 1 heteroatoms. The van der Waals surface area contributed by atoms with Gasteiger partial charge >= 0.3 is 0 Å². The van der Waals surface area contributed by atoms with Crippen LogP contribution in [-0.4, -0.2) is 0 Å². The van der Waals surface area contributed by atoms with Crippen LogP contribution in [0.1, 0.15) is 47.2 Å². The minimum Gasteiger partial charge on any atom is -0.310 e. The van der Waals surface area contributed by atoms with E-state index in [0.717, 1.165) is 17.1 Å². The lowest BCUT2D eigenvalue weighted by Crippen LogP contribution is -2.28. The Kier molecular flexibility index (Phi) is 10.1. The third-order valence-corrected chi connectivity index (χ3v) is 15.4. The first kappa shape index (κ1) is 42.3. The first-order valence-electron chi connectivity index (χ1n) is 24.8. The molecule has 71 heavy (non-hydrogen) atoms. The van der Waals surface area contributed by atoms with Gasteiger partial charge in [-0.2, -0.15) is 0 Å². The normalized spacial score (nSPS) is 13.4. The third kappa shape index (κ3) is 6.76. The standard InChI is InChI=1S/C70H51N/c1-69(2)65-45-51(48-23-8-3-9-24-48)39-42-59(65)60-43-40-55(47-66(60)69)71(67-38-22-36-57(50-27-12-5-13-28-50)68(67)61-35-19-18-33-56(61)49-25-10-4-11-26-49)54-41-44-64-62(46-54)58-34-20-21-37-63(58)70(64,52-29-14-6-15-30-52)53-31-16-7-17-32-53/h3-47H,1-2H3. The summed E-state index contributed by atoms with van der Waals surface area (Å²) in [6, 6.07) is 101. The number of anilines is 3. The summed E-state index contributed by atoms with van der Waals surface area (Å²) in [4.78, 5) is 2.55. The molecule has 2 aliphatic rings. The monoisotopic (exact) mass is 905 g/mol. The molecule has 0 N–H and O–H groups in total. The molecule has 2 aliphatic carbocycles. The summed E-state index contributed by atoms with van der Waals surface area (Å²) in [5, 5.41) is 0. The smallest absolute Gasteiger partial charge is 0.0713 e. The highest BCUT2D eigenvalue weighted by molar-refractivity contribution is 6.02. The van der Waals surface area contributed by atoms with Crippen molar-refractivity contribution in [2.45, 2.75) is 24.7 Å². The molecule has 0 unspecified atom stereocenters. The lowest BCUT2D eigenvalue weighted by Gasteiger charge is -2.34. The maximum atomic E-state index is 2.55. The molecule has 0 fully saturated rings. The summed E-state index contributed by atoms with van der Waals surface area (Å²) >= 11 is 0. The van der Waals surface area contributed by atoms with Gasteiger partial charge in [0.15, 0.2) is 0 Å². The van der Waals surface area contributed by atoms with Crippen molar-refractivity contribution in [1.82, 2.24) is 0 Å². The van der Waals surface area contributed by atoms with E-state index in [1.165, 1.54) is 100 Å². The zero-order chi connectivity index (χ0) is 47.5. The first-order chi connectivity index (χ1) is 35.0. The quantitative estimate of drug-likeness (QED) is 0.139. The molecule has 11 aromatic rings. The van der Waals surface area contributed by atoms with E-state index >= 15 is 0 Å². The zero-order valence-electron chi connectivity index (χ0n) is 39.9. The zero-order valence-corrected chi connectivity index (χ0v) is 39.9. The Balaban J connectivity index is 1.09. The van der Waals surface area contributed by atoms with Crippen LogP contribution in [0, 0.1) is 0 Å². The molecule has 0 saturated heterocycles. The Labute approximate surface area is 417 Å². The predicted molar refractivity (Wildman–Crippen MR) is 298 cm³/mol. The van der Waals surface area contributed by atoms with Crippen LogP contribution in [0.25, 0.3) is 66.8 Å². The van der Waals surface area contributed by atoms with Crippen LogP contribution in [0.2, 0.25) is 0 Å². The van der Waals surface area contributed by atoms with E-state index in [1.54, 1.807) is 0 Å². The fourth-order valence-corrected chi connectivity index (χ4v) is 12.1. The van der Waals surface area contributed by atoms with E-state index < -0.39 is 5.41 Å². The van der Waals surface area contributed by atoms with E-state index in [9.17, 15) is 0 Å². The maximum Gasteiger partial charge on any atom is 0.0713 e. The van der Waals surface area contributed by atoms with Crippen LogP contribution in [-0.2, 0) is 10.8 Å². The van der Waals surface area contributed by atoms with Crippen LogP contribution >= 0.6 is 0 Å². The minimum atomic E-state index is -0.507. The van der Waals surface area contributed by atoms with Crippen molar-refractivity contribution in [3.05, 3.63) is 306 Å². The topological polar surface area (TPSA) is 3.24 Å². The molecule has 13 rings (SSSR count). The van der Waals surface area contributed by atoms with E-state index in [4.69, 9.17) is 0 Å². The van der Waals surface area contributed by atoms with Crippen molar-refractivity contribution < 1.29 is 0 Å². The highest BCUT2D eigenvalue weighted by Gasteiger charge is 2.46. The fraction of sp³-hybridized carbons (Fsp3) is 0.0571. The molecule has 336 valence electrons. The summed E-state index contributed by atoms with van der Waals surface area (Å²) in [5.74, 6) is 0. The molecule has 0 radical (unpaired) electrons. The van der Waals surface area contributed by atoms with Crippen LogP contribution in [0.4, 0.5) is 17.1 Å². The Morgan fingerprint density at radius 1 is 0.268 bits per heavy atom. The van der Waals surface area contributed by atoms with Gasteiger partial charge in [-0.05, 0) is 131 Å². The highest BCUT2D eigenvalue weighted by atomic mass is 15.1. The molecular formula is C70H51N. The maximum absolute atomic E-state index is 2.55. The number of hydrogen-bond acceptors (Lipinski definition) is 1. The number of nitrogens with zero attached hydrogens (tertiary/aromatic N) is 1. The number of benzene rings is 11. The third-order valence-electron chi connectivity index (χ3n) is 15.4. The van der Waals surface area contributed by atoms with Gasteiger partial charge in [-0.3, -0.25) is 0 Å². The molecule has 0 heterocycles. The number of rotatable bonds is 9. The van der Waals surface area contributed by atoms with Crippen LogP contribution < -0.4 is 4.90 Å². The summed E-state index contributed by atoms with van der Waals surface area (Å²) < 4.78 is 0. The second-order valence-electron chi connectivity index (χ2n) is 19.6. The lowest BCUT2D eigenvalue weighted by atomic mass is 9.68.